The minimum absolute atomic E-state index is 0.183. The van der Waals surface area contributed by atoms with Gasteiger partial charge in [0.05, 0.1) is 5.71 Å². The zero-order chi connectivity index (χ0) is 18.9. The number of allylic oxidation sites excluding steroid dienone is 1. The predicted molar refractivity (Wildman–Crippen MR) is 109 cm³/mol. The second-order valence-electron chi connectivity index (χ2n) is 6.75. The molecule has 0 radical (unpaired) electrons. The van der Waals surface area contributed by atoms with Crippen LogP contribution in [0.2, 0.25) is 0 Å². The molecule has 4 nitrogen and oxygen atoms in total. The predicted octanol–water partition coefficient (Wildman–Crippen LogP) is 3.99. The van der Waals surface area contributed by atoms with Gasteiger partial charge in [-0.05, 0) is 44.8 Å². The Bertz CT molecular complexity index is 762. The van der Waals surface area contributed by atoms with Crippen molar-refractivity contribution in [2.45, 2.75) is 13.8 Å². The van der Waals surface area contributed by atoms with Crippen molar-refractivity contribution in [2.75, 3.05) is 20.6 Å². The summed E-state index contributed by atoms with van der Waals surface area (Å²) in [7, 11) is 4.06. The van der Waals surface area contributed by atoms with Crippen molar-refractivity contribution in [2.24, 2.45) is 11.0 Å². The molecule has 1 unspecified atom stereocenters. The van der Waals surface area contributed by atoms with E-state index in [-0.39, 0.29) is 11.8 Å². The first-order valence-corrected chi connectivity index (χ1v) is 8.78. The average molecular weight is 349 g/mol. The lowest BCUT2D eigenvalue weighted by Gasteiger charge is -2.17. The van der Waals surface area contributed by atoms with Gasteiger partial charge in [-0.2, -0.15) is 5.10 Å². The van der Waals surface area contributed by atoms with Crippen LogP contribution < -0.4 is 5.43 Å². The third kappa shape index (κ3) is 6.30. The normalized spacial score (nSPS) is 13.2. The van der Waals surface area contributed by atoms with E-state index in [1.807, 2.05) is 44.4 Å². The topological polar surface area (TPSA) is 44.7 Å². The van der Waals surface area contributed by atoms with Crippen LogP contribution in [-0.4, -0.2) is 37.2 Å². The number of aryl methyl sites for hydroxylation is 1. The lowest BCUT2D eigenvalue weighted by Crippen LogP contribution is -2.27. The van der Waals surface area contributed by atoms with Gasteiger partial charge < -0.3 is 4.90 Å². The Morgan fingerprint density at radius 2 is 1.77 bits per heavy atom. The fraction of sp³-hybridized carbons (Fsp3) is 0.273. The number of benzene rings is 2. The first kappa shape index (κ1) is 19.6. The summed E-state index contributed by atoms with van der Waals surface area (Å²) in [5.41, 5.74) is 6.45. The summed E-state index contributed by atoms with van der Waals surface area (Å²) in [4.78, 5) is 14.4. The third-order valence-corrected chi connectivity index (χ3v) is 3.99. The Labute approximate surface area is 156 Å². The van der Waals surface area contributed by atoms with Crippen molar-refractivity contribution in [3.8, 4) is 0 Å². The maximum Gasteiger partial charge on any atom is 0.271 e. The van der Waals surface area contributed by atoms with E-state index in [1.165, 1.54) is 5.56 Å². The Morgan fingerprint density at radius 3 is 2.38 bits per heavy atom. The molecule has 0 bridgehead atoms. The van der Waals surface area contributed by atoms with Crippen LogP contribution in [0.3, 0.4) is 0 Å². The van der Waals surface area contributed by atoms with E-state index in [0.717, 1.165) is 17.8 Å². The summed E-state index contributed by atoms with van der Waals surface area (Å²) in [5, 5.41) is 4.39. The molecule has 0 heterocycles. The molecule has 2 aromatic carbocycles. The first-order valence-electron chi connectivity index (χ1n) is 8.78. The maximum atomic E-state index is 12.3. The zero-order valence-corrected chi connectivity index (χ0v) is 15.9. The number of carbonyl (C=O) groups is 1. The molecular weight excluding hydrogens is 322 g/mol. The lowest BCUT2D eigenvalue weighted by atomic mass is 10.0. The van der Waals surface area contributed by atoms with Crippen LogP contribution in [0.5, 0.6) is 0 Å². The summed E-state index contributed by atoms with van der Waals surface area (Å²) in [5.74, 6) is -0.0216. The average Bonchev–Trinajstić information content (AvgIpc) is 2.63. The second-order valence-corrected chi connectivity index (χ2v) is 6.75. The highest BCUT2D eigenvalue weighted by Crippen LogP contribution is 2.08. The van der Waals surface area contributed by atoms with Crippen molar-refractivity contribution in [1.29, 1.82) is 0 Å². The molecule has 0 aliphatic rings. The van der Waals surface area contributed by atoms with Crippen molar-refractivity contribution in [3.63, 3.8) is 0 Å². The minimum Gasteiger partial charge on any atom is -0.309 e. The van der Waals surface area contributed by atoms with Gasteiger partial charge in [-0.1, -0.05) is 61.0 Å². The Balaban J connectivity index is 2.16. The van der Waals surface area contributed by atoms with E-state index in [9.17, 15) is 4.79 Å². The summed E-state index contributed by atoms with van der Waals surface area (Å²) in [6.07, 6.45) is 4.00. The molecule has 0 fully saturated rings. The van der Waals surface area contributed by atoms with Crippen LogP contribution in [0.1, 0.15) is 28.4 Å². The number of nitrogens with one attached hydrogen (secondary N) is 1. The number of rotatable bonds is 7. The van der Waals surface area contributed by atoms with Crippen molar-refractivity contribution in [3.05, 3.63) is 77.4 Å². The largest absolute Gasteiger partial charge is 0.309 e. The molecule has 0 spiro atoms. The number of hydrogen-bond acceptors (Lipinski definition) is 3. The van der Waals surface area contributed by atoms with Gasteiger partial charge in [-0.3, -0.25) is 4.79 Å². The molecule has 4 heteroatoms. The van der Waals surface area contributed by atoms with Gasteiger partial charge in [0.15, 0.2) is 0 Å². The van der Waals surface area contributed by atoms with Crippen LogP contribution in [0.25, 0.3) is 6.08 Å². The van der Waals surface area contributed by atoms with Crippen molar-refractivity contribution < 1.29 is 4.79 Å². The number of hydrazone groups is 1. The van der Waals surface area contributed by atoms with Crippen LogP contribution in [0.4, 0.5) is 0 Å². The second kappa shape index (κ2) is 9.68. The molecule has 0 aliphatic heterocycles. The van der Waals surface area contributed by atoms with Gasteiger partial charge in [0, 0.05) is 18.0 Å². The molecule has 0 aliphatic carbocycles. The molecule has 26 heavy (non-hydrogen) atoms. The number of hydrogen-bond donors (Lipinski definition) is 1. The van der Waals surface area contributed by atoms with E-state index < -0.39 is 0 Å². The quantitative estimate of drug-likeness (QED) is 0.607. The first-order chi connectivity index (χ1) is 12.5. The number of amides is 1. The summed E-state index contributed by atoms with van der Waals surface area (Å²) in [6, 6.07) is 17.4. The van der Waals surface area contributed by atoms with Gasteiger partial charge in [0.2, 0.25) is 0 Å². The molecule has 2 rings (SSSR count). The molecule has 1 amide bonds. The fourth-order valence-corrected chi connectivity index (χ4v) is 2.58. The van der Waals surface area contributed by atoms with Crippen LogP contribution >= 0.6 is 0 Å². The van der Waals surface area contributed by atoms with E-state index in [4.69, 9.17) is 0 Å². The SMILES string of the molecule is Cc1ccc(C=CC(=NNC(=O)c2ccccc2)C(C)CN(C)C)cc1. The molecule has 2 aromatic rings. The minimum atomic E-state index is -0.205. The Morgan fingerprint density at radius 1 is 1.12 bits per heavy atom. The van der Waals surface area contributed by atoms with Crippen molar-refractivity contribution in [1.82, 2.24) is 10.3 Å². The maximum absolute atomic E-state index is 12.3. The standard InChI is InChI=1S/C22H27N3O/c1-17-10-12-19(13-11-17)14-15-21(18(2)16-25(3)4)23-24-22(26)20-8-6-5-7-9-20/h5-15,18H,16H2,1-4H3,(H,24,26). The Kier molecular flexibility index (Phi) is 7.30. The van der Waals surface area contributed by atoms with E-state index in [0.29, 0.717) is 5.56 Å². The van der Waals surface area contributed by atoms with Crippen LogP contribution in [0, 0.1) is 12.8 Å². The van der Waals surface area contributed by atoms with Crippen molar-refractivity contribution >= 4 is 17.7 Å². The highest BCUT2D eigenvalue weighted by atomic mass is 16.2. The third-order valence-electron chi connectivity index (χ3n) is 3.99. The van der Waals surface area contributed by atoms with Gasteiger partial charge >= 0.3 is 0 Å². The van der Waals surface area contributed by atoms with Gasteiger partial charge in [-0.25, -0.2) is 5.43 Å². The van der Waals surface area contributed by atoms with Gasteiger partial charge in [0.25, 0.3) is 5.91 Å². The smallest absolute Gasteiger partial charge is 0.271 e. The summed E-state index contributed by atoms with van der Waals surface area (Å²) >= 11 is 0. The summed E-state index contributed by atoms with van der Waals surface area (Å²) < 4.78 is 0. The van der Waals surface area contributed by atoms with E-state index >= 15 is 0 Å². The van der Waals surface area contributed by atoms with E-state index in [2.05, 4.69) is 53.5 Å². The zero-order valence-electron chi connectivity index (χ0n) is 15.9. The van der Waals surface area contributed by atoms with Gasteiger partial charge in [-0.15, -0.1) is 0 Å². The Hall–Kier alpha value is -2.72. The molecule has 136 valence electrons. The van der Waals surface area contributed by atoms with Crippen LogP contribution in [0.15, 0.2) is 65.8 Å². The number of nitrogens with zero attached hydrogens (tertiary/aromatic N) is 2. The number of carbonyl (C=O) groups excluding carboxylic acids is 1. The fourth-order valence-electron chi connectivity index (χ4n) is 2.58. The molecule has 0 saturated carbocycles. The molecular formula is C22H27N3O. The van der Waals surface area contributed by atoms with Gasteiger partial charge in [0.1, 0.15) is 0 Å². The highest BCUT2D eigenvalue weighted by Gasteiger charge is 2.11. The monoisotopic (exact) mass is 349 g/mol. The molecule has 1 atom stereocenters. The lowest BCUT2D eigenvalue weighted by molar-refractivity contribution is 0.0954. The summed E-state index contributed by atoms with van der Waals surface area (Å²) in [6.45, 7) is 5.02. The van der Waals surface area contributed by atoms with E-state index in [1.54, 1.807) is 12.1 Å². The van der Waals surface area contributed by atoms with Crippen LogP contribution in [-0.2, 0) is 0 Å². The molecule has 0 saturated heterocycles. The highest BCUT2D eigenvalue weighted by molar-refractivity contribution is 6.01. The molecule has 0 aromatic heterocycles. The molecule has 1 N–H and O–H groups in total.